The molecule has 0 amide bonds. The lowest BCUT2D eigenvalue weighted by Gasteiger charge is -2.08. The van der Waals surface area contributed by atoms with Gasteiger partial charge in [-0.2, -0.15) is 9.67 Å². The molecule has 2 aromatic heterocycles. The highest BCUT2D eigenvalue weighted by atomic mass is 16.6. The SMILES string of the molecule is Cc1ccc(Oc2ncnc(-n3nnc4ccccc43)c2[N+](=O)[O-])cc1. The van der Waals surface area contributed by atoms with Crippen LogP contribution in [0.5, 0.6) is 11.6 Å². The molecule has 9 nitrogen and oxygen atoms in total. The summed E-state index contributed by atoms with van der Waals surface area (Å²) in [4.78, 5) is 19.1. The van der Waals surface area contributed by atoms with E-state index in [1.165, 1.54) is 11.0 Å². The van der Waals surface area contributed by atoms with Crippen molar-refractivity contribution in [2.75, 3.05) is 0 Å². The summed E-state index contributed by atoms with van der Waals surface area (Å²) >= 11 is 0. The summed E-state index contributed by atoms with van der Waals surface area (Å²) in [7, 11) is 0. The summed E-state index contributed by atoms with van der Waals surface area (Å²) in [5.41, 5.74) is 1.85. The van der Waals surface area contributed by atoms with Crippen molar-refractivity contribution in [1.82, 2.24) is 25.0 Å². The number of aromatic nitrogens is 5. The Morgan fingerprint density at radius 2 is 1.85 bits per heavy atom. The molecular formula is C17H12N6O3. The summed E-state index contributed by atoms with van der Waals surface area (Å²) < 4.78 is 6.93. The van der Waals surface area contributed by atoms with Gasteiger partial charge in [-0.15, -0.1) is 5.10 Å². The number of ether oxygens (including phenoxy) is 1. The van der Waals surface area contributed by atoms with E-state index in [-0.39, 0.29) is 17.4 Å². The van der Waals surface area contributed by atoms with Gasteiger partial charge in [-0.1, -0.05) is 35.0 Å². The number of benzene rings is 2. The van der Waals surface area contributed by atoms with Gasteiger partial charge in [-0.25, -0.2) is 4.98 Å². The highest BCUT2D eigenvalue weighted by Gasteiger charge is 2.28. The molecule has 128 valence electrons. The molecule has 0 N–H and O–H groups in total. The molecule has 0 spiro atoms. The second kappa shape index (κ2) is 6.20. The van der Waals surface area contributed by atoms with E-state index >= 15 is 0 Å². The third-order valence-corrected chi connectivity index (χ3v) is 3.74. The molecule has 2 aromatic carbocycles. The van der Waals surface area contributed by atoms with Gasteiger partial charge in [0, 0.05) is 0 Å². The molecule has 0 bridgehead atoms. The van der Waals surface area contributed by atoms with Gasteiger partial charge in [0.1, 0.15) is 17.6 Å². The summed E-state index contributed by atoms with van der Waals surface area (Å²) in [6, 6.07) is 14.2. The second-order valence-corrected chi connectivity index (χ2v) is 5.51. The monoisotopic (exact) mass is 348 g/mol. The van der Waals surface area contributed by atoms with Crippen LogP contribution < -0.4 is 4.74 Å². The van der Waals surface area contributed by atoms with Crippen LogP contribution >= 0.6 is 0 Å². The number of rotatable bonds is 4. The molecule has 0 aliphatic carbocycles. The van der Waals surface area contributed by atoms with Gasteiger partial charge in [0.05, 0.1) is 10.4 Å². The Morgan fingerprint density at radius 3 is 2.62 bits per heavy atom. The Bertz CT molecular complexity index is 1110. The third kappa shape index (κ3) is 2.71. The normalized spacial score (nSPS) is 10.8. The lowest BCUT2D eigenvalue weighted by atomic mass is 10.2. The standard InChI is InChI=1S/C17H12N6O3/c1-11-6-8-12(9-7-11)26-17-15(23(24)25)16(18-10-19-17)22-14-5-3-2-4-13(14)20-21-22/h2-10H,1H3. The van der Waals surface area contributed by atoms with E-state index in [9.17, 15) is 10.1 Å². The van der Waals surface area contributed by atoms with Crippen LogP contribution in [0.2, 0.25) is 0 Å². The van der Waals surface area contributed by atoms with Crippen molar-refractivity contribution < 1.29 is 9.66 Å². The van der Waals surface area contributed by atoms with Crippen molar-refractivity contribution in [3.05, 3.63) is 70.5 Å². The van der Waals surface area contributed by atoms with Crippen LogP contribution in [0.4, 0.5) is 5.69 Å². The lowest BCUT2D eigenvalue weighted by Crippen LogP contribution is -2.07. The number of hydrogen-bond acceptors (Lipinski definition) is 7. The zero-order chi connectivity index (χ0) is 18.1. The fourth-order valence-electron chi connectivity index (χ4n) is 2.49. The average molecular weight is 348 g/mol. The minimum Gasteiger partial charge on any atom is -0.434 e. The van der Waals surface area contributed by atoms with Crippen molar-refractivity contribution in [2.45, 2.75) is 6.92 Å². The summed E-state index contributed by atoms with van der Waals surface area (Å²) in [5, 5.41) is 19.7. The van der Waals surface area contributed by atoms with E-state index < -0.39 is 4.92 Å². The van der Waals surface area contributed by atoms with Crippen molar-refractivity contribution in [1.29, 1.82) is 0 Å². The second-order valence-electron chi connectivity index (χ2n) is 5.51. The number of nitro groups is 1. The van der Waals surface area contributed by atoms with E-state index in [0.717, 1.165) is 5.56 Å². The molecule has 0 saturated heterocycles. The van der Waals surface area contributed by atoms with Gasteiger partial charge in [0.2, 0.25) is 5.82 Å². The van der Waals surface area contributed by atoms with Crippen molar-refractivity contribution in [3.63, 3.8) is 0 Å². The van der Waals surface area contributed by atoms with Crippen LogP contribution in [-0.4, -0.2) is 29.9 Å². The Labute approximate surface area is 147 Å². The number of para-hydroxylation sites is 1. The van der Waals surface area contributed by atoms with Gasteiger partial charge < -0.3 is 4.74 Å². The lowest BCUT2D eigenvalue weighted by molar-refractivity contribution is -0.386. The first kappa shape index (κ1) is 15.6. The molecule has 0 unspecified atom stereocenters. The minimum absolute atomic E-state index is 0.0131. The zero-order valence-corrected chi connectivity index (χ0v) is 13.6. The van der Waals surface area contributed by atoms with Crippen LogP contribution in [0.15, 0.2) is 54.9 Å². The van der Waals surface area contributed by atoms with Gasteiger partial charge >= 0.3 is 11.6 Å². The van der Waals surface area contributed by atoms with Gasteiger partial charge in [-0.05, 0) is 31.2 Å². The molecule has 4 aromatic rings. The Morgan fingerprint density at radius 1 is 1.08 bits per heavy atom. The first-order chi connectivity index (χ1) is 12.6. The zero-order valence-electron chi connectivity index (χ0n) is 13.6. The van der Waals surface area contributed by atoms with Crippen LogP contribution in [0, 0.1) is 17.0 Å². The van der Waals surface area contributed by atoms with E-state index in [1.807, 2.05) is 25.1 Å². The van der Waals surface area contributed by atoms with Crippen molar-refractivity contribution >= 4 is 16.7 Å². The third-order valence-electron chi connectivity index (χ3n) is 3.74. The van der Waals surface area contributed by atoms with Gasteiger partial charge in [0.25, 0.3) is 0 Å². The molecule has 2 heterocycles. The Kier molecular flexibility index (Phi) is 3.73. The summed E-state index contributed by atoms with van der Waals surface area (Å²) in [6.45, 7) is 1.94. The molecule has 0 fully saturated rings. The fourth-order valence-corrected chi connectivity index (χ4v) is 2.49. The van der Waals surface area contributed by atoms with Crippen LogP contribution in [0.3, 0.4) is 0 Å². The maximum absolute atomic E-state index is 11.7. The molecular weight excluding hydrogens is 336 g/mol. The molecule has 0 aliphatic rings. The van der Waals surface area contributed by atoms with E-state index in [4.69, 9.17) is 4.74 Å². The molecule has 4 rings (SSSR count). The maximum Gasteiger partial charge on any atom is 0.375 e. The molecule has 9 heteroatoms. The fraction of sp³-hybridized carbons (Fsp3) is 0.0588. The topological polar surface area (TPSA) is 109 Å². The molecule has 0 aliphatic heterocycles. The maximum atomic E-state index is 11.7. The molecule has 26 heavy (non-hydrogen) atoms. The Balaban J connectivity index is 1.86. The number of hydrogen-bond donors (Lipinski definition) is 0. The number of aryl methyl sites for hydroxylation is 1. The number of fused-ring (bicyclic) bond motifs is 1. The molecule has 0 saturated carbocycles. The van der Waals surface area contributed by atoms with E-state index in [0.29, 0.717) is 16.8 Å². The number of nitrogens with zero attached hydrogens (tertiary/aromatic N) is 6. The Hall–Kier alpha value is -3.88. The van der Waals surface area contributed by atoms with Gasteiger partial charge in [0.15, 0.2) is 0 Å². The van der Waals surface area contributed by atoms with Crippen LogP contribution in [0.25, 0.3) is 16.9 Å². The summed E-state index contributed by atoms with van der Waals surface area (Å²) in [5.74, 6) is 0.260. The van der Waals surface area contributed by atoms with E-state index in [1.54, 1.807) is 30.3 Å². The molecule has 0 radical (unpaired) electrons. The highest BCUT2D eigenvalue weighted by Crippen LogP contribution is 2.33. The van der Waals surface area contributed by atoms with Crippen LogP contribution in [-0.2, 0) is 0 Å². The quantitative estimate of drug-likeness (QED) is 0.411. The smallest absolute Gasteiger partial charge is 0.375 e. The highest BCUT2D eigenvalue weighted by molar-refractivity contribution is 5.76. The largest absolute Gasteiger partial charge is 0.434 e. The predicted molar refractivity (Wildman–Crippen MR) is 92.4 cm³/mol. The first-order valence-corrected chi connectivity index (χ1v) is 7.68. The average Bonchev–Trinajstić information content (AvgIpc) is 3.07. The summed E-state index contributed by atoms with van der Waals surface area (Å²) in [6.07, 6.45) is 1.20. The van der Waals surface area contributed by atoms with Crippen molar-refractivity contribution in [3.8, 4) is 17.4 Å². The van der Waals surface area contributed by atoms with E-state index in [2.05, 4.69) is 20.3 Å². The van der Waals surface area contributed by atoms with Crippen LogP contribution in [0.1, 0.15) is 5.56 Å². The first-order valence-electron chi connectivity index (χ1n) is 7.68. The predicted octanol–water partition coefficient (Wildman–Crippen LogP) is 3.22. The minimum atomic E-state index is -0.588. The van der Waals surface area contributed by atoms with Gasteiger partial charge in [-0.3, -0.25) is 10.1 Å². The van der Waals surface area contributed by atoms with Crippen molar-refractivity contribution in [2.24, 2.45) is 0 Å². The molecule has 0 atom stereocenters.